The molecule has 2 nitrogen and oxygen atoms in total. The van der Waals surface area contributed by atoms with Gasteiger partial charge in [-0.2, -0.15) is 0 Å². The molecular formula is C17H15NOS. The van der Waals surface area contributed by atoms with E-state index in [4.69, 9.17) is 0 Å². The number of amides is 1. The molecule has 2 aliphatic rings. The smallest absolute Gasteiger partial charge is 0.238 e. The van der Waals surface area contributed by atoms with E-state index in [-0.39, 0.29) is 16.2 Å². The summed E-state index contributed by atoms with van der Waals surface area (Å²) in [5.41, 5.74) is 1.96. The molecule has 0 saturated carbocycles. The van der Waals surface area contributed by atoms with E-state index in [0.717, 1.165) is 11.4 Å². The van der Waals surface area contributed by atoms with E-state index in [1.807, 2.05) is 53.1 Å². The first-order valence-corrected chi connectivity index (χ1v) is 7.78. The Hall–Kier alpha value is -1.74. The molecule has 2 fully saturated rings. The van der Waals surface area contributed by atoms with Crippen molar-refractivity contribution in [3.63, 3.8) is 0 Å². The number of hydrogen-bond acceptors (Lipinski definition) is 2. The van der Waals surface area contributed by atoms with Gasteiger partial charge in [-0.3, -0.25) is 9.69 Å². The fourth-order valence-electron chi connectivity index (χ4n) is 3.35. The normalized spacial score (nSPS) is 31.2. The Labute approximate surface area is 122 Å². The lowest BCUT2D eigenvalue weighted by molar-refractivity contribution is -0.140. The van der Waals surface area contributed by atoms with Crippen molar-refractivity contribution in [2.75, 3.05) is 10.7 Å². The Morgan fingerprint density at radius 3 is 2.15 bits per heavy atom. The number of rotatable bonds is 2. The maximum atomic E-state index is 12.6. The molecule has 0 aliphatic carbocycles. The van der Waals surface area contributed by atoms with Gasteiger partial charge in [-0.05, 0) is 24.6 Å². The van der Waals surface area contributed by atoms with Gasteiger partial charge in [-0.1, -0.05) is 48.5 Å². The third kappa shape index (κ3) is 1.20. The zero-order valence-electron chi connectivity index (χ0n) is 11.2. The lowest BCUT2D eigenvalue weighted by Crippen LogP contribution is -2.80. The van der Waals surface area contributed by atoms with Crippen LogP contribution in [0.5, 0.6) is 0 Å². The van der Waals surface area contributed by atoms with Crippen molar-refractivity contribution in [3.8, 4) is 0 Å². The number of carbonyl (C=O) groups is 1. The molecule has 0 bridgehead atoms. The number of β-lactam (4-membered cyclic amide) rings is 1. The Morgan fingerprint density at radius 2 is 1.60 bits per heavy atom. The molecule has 2 aliphatic heterocycles. The predicted octanol–water partition coefficient (Wildman–Crippen LogP) is 3.64. The van der Waals surface area contributed by atoms with Crippen molar-refractivity contribution in [1.82, 2.24) is 0 Å². The number of para-hydroxylation sites is 1. The zero-order chi connectivity index (χ0) is 13.8. The summed E-state index contributed by atoms with van der Waals surface area (Å²) in [5.74, 6) is 1.15. The van der Waals surface area contributed by atoms with Crippen molar-refractivity contribution in [2.45, 2.75) is 11.8 Å². The van der Waals surface area contributed by atoms with Crippen LogP contribution in [0.3, 0.4) is 0 Å². The number of hydrogen-bond donors (Lipinski definition) is 0. The van der Waals surface area contributed by atoms with Crippen LogP contribution in [0.25, 0.3) is 0 Å². The van der Waals surface area contributed by atoms with Crippen LogP contribution in [0.2, 0.25) is 0 Å². The van der Waals surface area contributed by atoms with Crippen LogP contribution in [0.1, 0.15) is 12.5 Å². The van der Waals surface area contributed by atoms with Gasteiger partial charge in [0.25, 0.3) is 0 Å². The third-order valence-electron chi connectivity index (χ3n) is 4.49. The quantitative estimate of drug-likeness (QED) is 0.783. The SMILES string of the molecule is C[C@@]12CS[C@]1(c1ccccc1)N(c1ccccc1)C2=O. The molecule has 2 aromatic rings. The Morgan fingerprint density at radius 1 is 1.00 bits per heavy atom. The fourth-order valence-corrected chi connectivity index (χ4v) is 5.03. The minimum Gasteiger partial charge on any atom is -0.291 e. The molecule has 1 amide bonds. The van der Waals surface area contributed by atoms with Crippen LogP contribution in [0, 0.1) is 5.41 Å². The standard InChI is InChI=1S/C17H15NOS/c1-16-12-20-17(16,13-8-4-2-5-9-13)18(15(16)19)14-10-6-3-7-11-14/h2-11H,12H2,1H3/t16-,17-/m0/s1. The highest BCUT2D eigenvalue weighted by Gasteiger charge is 2.76. The monoisotopic (exact) mass is 281 g/mol. The summed E-state index contributed by atoms with van der Waals surface area (Å²) < 4.78 is 0. The highest BCUT2D eigenvalue weighted by Crippen LogP contribution is 2.71. The molecule has 4 rings (SSSR count). The molecule has 2 heterocycles. The van der Waals surface area contributed by atoms with E-state index in [1.54, 1.807) is 0 Å². The molecule has 0 N–H and O–H groups in total. The largest absolute Gasteiger partial charge is 0.291 e. The van der Waals surface area contributed by atoms with E-state index in [0.29, 0.717) is 0 Å². The Kier molecular flexibility index (Phi) is 2.34. The number of anilines is 1. The minimum absolute atomic E-state index is 0.216. The number of nitrogens with zero attached hydrogens (tertiary/aromatic N) is 1. The van der Waals surface area contributed by atoms with Crippen LogP contribution in [0.15, 0.2) is 60.7 Å². The van der Waals surface area contributed by atoms with Gasteiger partial charge < -0.3 is 0 Å². The number of thioether (sulfide) groups is 1. The van der Waals surface area contributed by atoms with Crippen molar-refractivity contribution in [3.05, 3.63) is 66.2 Å². The molecule has 100 valence electrons. The Bertz CT molecular complexity index is 672. The number of benzene rings is 2. The van der Waals surface area contributed by atoms with Gasteiger partial charge in [0, 0.05) is 11.4 Å². The third-order valence-corrected chi connectivity index (χ3v) is 6.50. The van der Waals surface area contributed by atoms with Crippen molar-refractivity contribution >= 4 is 23.4 Å². The van der Waals surface area contributed by atoms with Gasteiger partial charge >= 0.3 is 0 Å². The average molecular weight is 281 g/mol. The maximum Gasteiger partial charge on any atom is 0.238 e. The summed E-state index contributed by atoms with van der Waals surface area (Å²) in [7, 11) is 0. The molecule has 3 heteroatoms. The predicted molar refractivity (Wildman–Crippen MR) is 82.6 cm³/mol. The second-order valence-corrected chi connectivity index (χ2v) is 6.78. The van der Waals surface area contributed by atoms with Crippen LogP contribution in [-0.4, -0.2) is 11.7 Å². The second-order valence-electron chi connectivity index (χ2n) is 5.61. The van der Waals surface area contributed by atoms with Gasteiger partial charge in [0.05, 0.1) is 5.41 Å². The summed E-state index contributed by atoms with van der Waals surface area (Å²) in [5, 5.41) is 0. The topological polar surface area (TPSA) is 20.3 Å². The number of fused-ring (bicyclic) bond motifs is 1. The lowest BCUT2D eigenvalue weighted by Gasteiger charge is -2.70. The lowest BCUT2D eigenvalue weighted by atomic mass is 9.68. The minimum atomic E-state index is -0.255. The van der Waals surface area contributed by atoms with Gasteiger partial charge in [-0.15, -0.1) is 11.8 Å². The highest BCUT2D eigenvalue weighted by molar-refractivity contribution is 8.02. The van der Waals surface area contributed by atoms with Gasteiger partial charge in [0.2, 0.25) is 5.91 Å². The van der Waals surface area contributed by atoms with Gasteiger partial charge in [-0.25, -0.2) is 0 Å². The molecular weight excluding hydrogens is 266 g/mol. The molecule has 20 heavy (non-hydrogen) atoms. The van der Waals surface area contributed by atoms with E-state index < -0.39 is 0 Å². The number of carbonyl (C=O) groups excluding carboxylic acids is 1. The molecule has 2 atom stereocenters. The van der Waals surface area contributed by atoms with E-state index in [1.165, 1.54) is 5.56 Å². The van der Waals surface area contributed by atoms with Crippen LogP contribution in [-0.2, 0) is 9.67 Å². The van der Waals surface area contributed by atoms with Gasteiger partial charge in [0.15, 0.2) is 0 Å². The molecule has 0 aromatic heterocycles. The van der Waals surface area contributed by atoms with Crippen LogP contribution < -0.4 is 4.90 Å². The van der Waals surface area contributed by atoms with Crippen LogP contribution in [0.4, 0.5) is 5.69 Å². The fraction of sp³-hybridized carbons (Fsp3) is 0.235. The molecule has 0 unspecified atom stereocenters. The molecule has 0 radical (unpaired) electrons. The summed E-state index contributed by atoms with van der Waals surface area (Å²) in [6.07, 6.45) is 0. The Balaban J connectivity index is 1.86. The van der Waals surface area contributed by atoms with E-state index >= 15 is 0 Å². The molecule has 2 aromatic carbocycles. The summed E-state index contributed by atoms with van der Waals surface area (Å²) in [4.78, 5) is 14.4. The molecule has 0 spiro atoms. The first-order valence-electron chi connectivity index (χ1n) is 6.79. The van der Waals surface area contributed by atoms with E-state index in [2.05, 4.69) is 31.2 Å². The average Bonchev–Trinajstić information content (AvgIpc) is 2.51. The molecule has 2 saturated heterocycles. The van der Waals surface area contributed by atoms with Gasteiger partial charge in [0.1, 0.15) is 4.87 Å². The van der Waals surface area contributed by atoms with Crippen molar-refractivity contribution in [1.29, 1.82) is 0 Å². The summed E-state index contributed by atoms with van der Waals surface area (Å²) in [6, 6.07) is 20.4. The first kappa shape index (κ1) is 12.0. The van der Waals surface area contributed by atoms with E-state index in [9.17, 15) is 4.79 Å². The summed E-state index contributed by atoms with van der Waals surface area (Å²) >= 11 is 1.87. The second kappa shape index (κ2) is 3.89. The first-order chi connectivity index (χ1) is 9.70. The maximum absolute atomic E-state index is 12.6. The zero-order valence-corrected chi connectivity index (χ0v) is 12.1. The van der Waals surface area contributed by atoms with Crippen LogP contribution >= 0.6 is 11.8 Å². The summed E-state index contributed by atoms with van der Waals surface area (Å²) in [6.45, 7) is 2.10. The highest BCUT2D eigenvalue weighted by atomic mass is 32.2. The van der Waals surface area contributed by atoms with Crippen molar-refractivity contribution in [2.24, 2.45) is 5.41 Å². The van der Waals surface area contributed by atoms with Crippen molar-refractivity contribution < 1.29 is 4.79 Å².